The Labute approximate surface area is 157 Å². The van der Waals surface area contributed by atoms with Crippen molar-refractivity contribution in [3.05, 3.63) is 59.8 Å². The molecule has 140 valence electrons. The summed E-state index contributed by atoms with van der Waals surface area (Å²) in [5.74, 6) is 1.22. The number of amides is 2. The van der Waals surface area contributed by atoms with Crippen LogP contribution in [-0.2, 0) is 17.8 Å². The van der Waals surface area contributed by atoms with Gasteiger partial charge in [-0.25, -0.2) is 0 Å². The summed E-state index contributed by atoms with van der Waals surface area (Å²) in [4.78, 5) is 28.2. The maximum atomic E-state index is 12.2. The van der Waals surface area contributed by atoms with E-state index in [4.69, 9.17) is 4.52 Å². The Balaban J connectivity index is 1.23. The third-order valence-corrected chi connectivity index (χ3v) is 5.25. The maximum absolute atomic E-state index is 12.2. The fourth-order valence-corrected chi connectivity index (χ4v) is 3.85. The number of carbonyl (C=O) groups excluding carboxylic acids is 2. The van der Waals surface area contributed by atoms with Crippen molar-refractivity contribution in [3.8, 4) is 0 Å². The molecule has 7 heteroatoms. The first kappa shape index (κ1) is 17.5. The molecule has 1 aromatic heterocycles. The first-order valence-corrected chi connectivity index (χ1v) is 9.27. The first-order chi connectivity index (χ1) is 13.2. The van der Waals surface area contributed by atoms with Gasteiger partial charge < -0.3 is 15.2 Å². The normalized spacial score (nSPS) is 22.7. The molecule has 1 fully saturated rings. The number of carbonyl (C=O) groups is 2. The highest BCUT2D eigenvalue weighted by Gasteiger charge is 2.35. The minimum atomic E-state index is -0.384. The van der Waals surface area contributed by atoms with Crippen LogP contribution in [-0.4, -0.2) is 28.5 Å². The summed E-state index contributed by atoms with van der Waals surface area (Å²) >= 11 is 0. The molecule has 2 aliphatic carbocycles. The molecule has 2 aromatic rings. The molecule has 1 heterocycles. The second kappa shape index (κ2) is 7.73. The Morgan fingerprint density at radius 2 is 1.96 bits per heavy atom. The summed E-state index contributed by atoms with van der Waals surface area (Å²) in [5.41, 5.74) is 1.01. The van der Waals surface area contributed by atoms with Crippen molar-refractivity contribution in [2.24, 2.45) is 17.8 Å². The average molecular weight is 366 g/mol. The van der Waals surface area contributed by atoms with Gasteiger partial charge in [0.15, 0.2) is 5.82 Å². The number of hydrogen-bond donors (Lipinski definition) is 2. The van der Waals surface area contributed by atoms with E-state index in [1.807, 2.05) is 30.3 Å². The highest BCUT2D eigenvalue weighted by Crippen LogP contribution is 2.42. The van der Waals surface area contributed by atoms with Crippen LogP contribution in [0.2, 0.25) is 0 Å². The molecular weight excluding hydrogens is 344 g/mol. The van der Waals surface area contributed by atoms with Crippen LogP contribution in [0.1, 0.15) is 34.9 Å². The molecule has 1 saturated carbocycles. The van der Waals surface area contributed by atoms with Gasteiger partial charge in [-0.3, -0.25) is 9.59 Å². The Kier molecular flexibility index (Phi) is 5.00. The maximum Gasteiger partial charge on any atom is 0.315 e. The van der Waals surface area contributed by atoms with Crippen LogP contribution in [0.3, 0.4) is 0 Å². The molecular formula is C20H22N4O3. The third-order valence-electron chi connectivity index (χ3n) is 5.25. The molecule has 4 rings (SSSR count). The fourth-order valence-electron chi connectivity index (χ4n) is 3.85. The molecule has 2 amide bonds. The lowest BCUT2D eigenvalue weighted by Gasteiger charge is -2.17. The number of aromatic nitrogens is 2. The van der Waals surface area contributed by atoms with Crippen LogP contribution in [0.5, 0.6) is 0 Å². The van der Waals surface area contributed by atoms with Gasteiger partial charge in [-0.2, -0.15) is 4.98 Å². The van der Waals surface area contributed by atoms with Crippen molar-refractivity contribution >= 4 is 11.8 Å². The Bertz CT molecular complexity index is 846. The van der Waals surface area contributed by atoms with E-state index in [1.54, 1.807) is 0 Å². The van der Waals surface area contributed by atoms with Crippen LogP contribution in [0.25, 0.3) is 0 Å². The number of hydrogen-bond acceptors (Lipinski definition) is 5. The number of nitrogens with zero attached hydrogens (tertiary/aromatic N) is 2. The van der Waals surface area contributed by atoms with Gasteiger partial charge in [0.2, 0.25) is 5.91 Å². The SMILES string of the molecule is O=C(Cc1noc(C(=O)NC[C@H]2C[C@H]3C=C[C@H]2C3)n1)NCc1ccccc1. The van der Waals surface area contributed by atoms with Gasteiger partial charge in [0.05, 0.1) is 6.42 Å². The number of benzene rings is 1. The van der Waals surface area contributed by atoms with Crippen molar-refractivity contribution in [1.82, 2.24) is 20.8 Å². The van der Waals surface area contributed by atoms with Gasteiger partial charge in [-0.1, -0.05) is 47.6 Å². The summed E-state index contributed by atoms with van der Waals surface area (Å²) < 4.78 is 5.00. The zero-order valence-corrected chi connectivity index (χ0v) is 14.9. The van der Waals surface area contributed by atoms with Crippen LogP contribution >= 0.6 is 0 Å². The number of nitrogens with one attached hydrogen (secondary N) is 2. The minimum Gasteiger partial charge on any atom is -0.352 e. The Hall–Kier alpha value is -2.96. The molecule has 1 aromatic carbocycles. The second-order valence-corrected chi connectivity index (χ2v) is 7.21. The van der Waals surface area contributed by atoms with E-state index >= 15 is 0 Å². The fraction of sp³-hybridized carbons (Fsp3) is 0.400. The van der Waals surface area contributed by atoms with Crippen LogP contribution in [0, 0.1) is 17.8 Å². The van der Waals surface area contributed by atoms with Gasteiger partial charge in [-0.15, -0.1) is 0 Å². The van der Waals surface area contributed by atoms with Crippen LogP contribution in [0.4, 0.5) is 0 Å². The van der Waals surface area contributed by atoms with Gasteiger partial charge >= 0.3 is 11.8 Å². The van der Waals surface area contributed by atoms with Crippen LogP contribution in [0.15, 0.2) is 47.0 Å². The standard InChI is InChI=1S/C20H22N4O3/c25-18(21-11-13-4-2-1-3-5-13)10-17-23-20(27-24-17)19(26)22-12-16-9-14-6-7-15(16)8-14/h1-7,14-16H,8-12H2,(H,21,25)(H,22,26)/t14-,15-,16+/m0/s1. The lowest BCUT2D eigenvalue weighted by Crippen LogP contribution is -2.31. The smallest absolute Gasteiger partial charge is 0.315 e. The van der Waals surface area contributed by atoms with Gasteiger partial charge in [-0.05, 0) is 36.2 Å². The third kappa shape index (κ3) is 4.24. The van der Waals surface area contributed by atoms with Crippen molar-refractivity contribution < 1.29 is 14.1 Å². The topological polar surface area (TPSA) is 97.1 Å². The monoisotopic (exact) mass is 366 g/mol. The van der Waals surface area contributed by atoms with E-state index in [-0.39, 0.29) is 30.0 Å². The molecule has 27 heavy (non-hydrogen) atoms. The summed E-state index contributed by atoms with van der Waals surface area (Å²) in [6.45, 7) is 1.04. The summed E-state index contributed by atoms with van der Waals surface area (Å²) in [6, 6.07) is 9.62. The van der Waals surface area contributed by atoms with E-state index in [0.717, 1.165) is 12.0 Å². The molecule has 3 atom stereocenters. The van der Waals surface area contributed by atoms with E-state index in [1.165, 1.54) is 6.42 Å². The van der Waals surface area contributed by atoms with Crippen molar-refractivity contribution in [1.29, 1.82) is 0 Å². The Morgan fingerprint density at radius 3 is 2.70 bits per heavy atom. The van der Waals surface area contributed by atoms with E-state index in [9.17, 15) is 9.59 Å². The zero-order valence-electron chi connectivity index (χ0n) is 14.9. The first-order valence-electron chi connectivity index (χ1n) is 9.27. The predicted molar refractivity (Wildman–Crippen MR) is 97.5 cm³/mol. The van der Waals surface area contributed by atoms with E-state index < -0.39 is 0 Å². The summed E-state index contributed by atoms with van der Waals surface area (Å²) in [7, 11) is 0. The molecule has 0 aliphatic heterocycles. The minimum absolute atomic E-state index is 0.0270. The predicted octanol–water partition coefficient (Wildman–Crippen LogP) is 1.87. The lowest BCUT2D eigenvalue weighted by molar-refractivity contribution is -0.120. The summed E-state index contributed by atoms with van der Waals surface area (Å²) in [6.07, 6.45) is 6.82. The highest BCUT2D eigenvalue weighted by molar-refractivity contribution is 5.89. The molecule has 7 nitrogen and oxygen atoms in total. The number of fused-ring (bicyclic) bond motifs is 2. The molecule has 2 bridgehead atoms. The molecule has 2 N–H and O–H groups in total. The van der Waals surface area contributed by atoms with E-state index in [2.05, 4.69) is 32.9 Å². The quantitative estimate of drug-likeness (QED) is 0.729. The van der Waals surface area contributed by atoms with Crippen molar-refractivity contribution in [2.45, 2.75) is 25.8 Å². The van der Waals surface area contributed by atoms with Gasteiger partial charge in [0.25, 0.3) is 0 Å². The Morgan fingerprint density at radius 1 is 1.11 bits per heavy atom. The van der Waals surface area contributed by atoms with Gasteiger partial charge in [0, 0.05) is 13.1 Å². The summed E-state index contributed by atoms with van der Waals surface area (Å²) in [5, 5.41) is 9.40. The highest BCUT2D eigenvalue weighted by atomic mass is 16.5. The molecule has 0 radical (unpaired) electrons. The van der Waals surface area contributed by atoms with Crippen LogP contribution < -0.4 is 10.6 Å². The average Bonchev–Trinajstić information content (AvgIpc) is 3.42. The molecule has 0 unspecified atom stereocenters. The zero-order chi connectivity index (χ0) is 18.6. The van der Waals surface area contributed by atoms with Gasteiger partial charge in [0.1, 0.15) is 0 Å². The second-order valence-electron chi connectivity index (χ2n) is 7.21. The number of allylic oxidation sites excluding steroid dienone is 2. The van der Waals surface area contributed by atoms with Crippen molar-refractivity contribution in [3.63, 3.8) is 0 Å². The number of rotatable bonds is 7. The molecule has 2 aliphatic rings. The lowest BCUT2D eigenvalue weighted by atomic mass is 9.94. The van der Waals surface area contributed by atoms with Crippen molar-refractivity contribution in [2.75, 3.05) is 6.54 Å². The molecule has 0 spiro atoms. The largest absolute Gasteiger partial charge is 0.352 e. The van der Waals surface area contributed by atoms with E-state index in [0.29, 0.717) is 30.8 Å². The molecule has 0 saturated heterocycles.